The smallest absolute Gasteiger partial charge is 0.143 e. The number of rotatable bonds is 7. The molecular weight excluding hydrogens is 647 g/mol. The van der Waals surface area contributed by atoms with Gasteiger partial charge < -0.3 is 9.32 Å². The summed E-state index contributed by atoms with van der Waals surface area (Å²) < 4.78 is 8.49. The number of pyridine rings is 1. The fourth-order valence-corrected chi connectivity index (χ4v) is 7.48. The molecule has 0 amide bonds. The highest BCUT2D eigenvalue weighted by atomic mass is 16.3. The molecule has 0 saturated heterocycles. The van der Waals surface area contributed by atoms with Crippen LogP contribution < -0.4 is 4.90 Å². The lowest BCUT2D eigenvalue weighted by Gasteiger charge is -2.26. The van der Waals surface area contributed by atoms with E-state index in [1.165, 1.54) is 0 Å². The van der Waals surface area contributed by atoms with Crippen molar-refractivity contribution in [2.45, 2.75) is 0 Å². The summed E-state index contributed by atoms with van der Waals surface area (Å²) in [6, 6.07) is 68.1. The second-order valence-electron chi connectivity index (χ2n) is 13.2. The Balaban J connectivity index is 0.972. The molecule has 0 unspecified atom stereocenters. The molecular formula is C49H33N3O. The van der Waals surface area contributed by atoms with Crippen molar-refractivity contribution in [2.24, 2.45) is 0 Å². The standard InChI is InChI=1S/C49H33N3O/c1-3-12-38(13-4-1)48-47(50-46-20-9-10-33-51(46)48)37-27-31-41(32-28-37)52(39-14-5-2-6-15-39)40-29-25-35(26-30-40)34-21-23-36(24-22-34)42-17-11-18-44-43-16-7-8-19-45(43)53-49(42)44/h1-33H. The van der Waals surface area contributed by atoms with Crippen molar-refractivity contribution in [3.05, 3.63) is 200 Å². The molecule has 0 saturated carbocycles. The average Bonchev–Trinajstić information content (AvgIpc) is 3.82. The molecule has 0 aliphatic carbocycles. The second-order valence-corrected chi connectivity index (χ2v) is 13.2. The predicted molar refractivity (Wildman–Crippen MR) is 219 cm³/mol. The number of imidazole rings is 1. The fourth-order valence-electron chi connectivity index (χ4n) is 7.48. The molecule has 4 nitrogen and oxygen atoms in total. The van der Waals surface area contributed by atoms with Crippen molar-refractivity contribution in [1.29, 1.82) is 0 Å². The van der Waals surface area contributed by atoms with Gasteiger partial charge in [0.1, 0.15) is 16.8 Å². The first-order valence-electron chi connectivity index (χ1n) is 17.9. The molecule has 0 radical (unpaired) electrons. The van der Waals surface area contributed by atoms with Gasteiger partial charge in [-0.05, 0) is 71.3 Å². The molecule has 3 heterocycles. The summed E-state index contributed by atoms with van der Waals surface area (Å²) in [5.74, 6) is 0. The number of anilines is 3. The van der Waals surface area contributed by atoms with Crippen molar-refractivity contribution in [2.75, 3.05) is 4.90 Å². The van der Waals surface area contributed by atoms with Gasteiger partial charge in [-0.2, -0.15) is 0 Å². The molecule has 0 N–H and O–H groups in total. The maximum atomic E-state index is 6.32. The van der Waals surface area contributed by atoms with Crippen LogP contribution in [-0.2, 0) is 0 Å². The SMILES string of the molecule is c1ccc(-c2c(-c3ccc(N(c4ccccc4)c4ccc(-c5ccc(-c6cccc7c6oc6ccccc67)cc5)cc4)cc3)nc3ccccn23)cc1. The van der Waals surface area contributed by atoms with E-state index in [9.17, 15) is 0 Å². The lowest BCUT2D eigenvalue weighted by Crippen LogP contribution is -2.09. The predicted octanol–water partition coefficient (Wildman–Crippen LogP) is 13.4. The van der Waals surface area contributed by atoms with Gasteiger partial charge in [-0.1, -0.05) is 140 Å². The molecule has 10 rings (SSSR count). The quantitative estimate of drug-likeness (QED) is 0.168. The summed E-state index contributed by atoms with van der Waals surface area (Å²) in [6.07, 6.45) is 2.08. The monoisotopic (exact) mass is 679 g/mol. The Kier molecular flexibility index (Phi) is 7.43. The van der Waals surface area contributed by atoms with E-state index in [2.05, 4.69) is 185 Å². The summed E-state index contributed by atoms with van der Waals surface area (Å²) in [5.41, 5.74) is 14.8. The summed E-state index contributed by atoms with van der Waals surface area (Å²) >= 11 is 0. The molecule has 10 aromatic rings. The number of hydrogen-bond acceptors (Lipinski definition) is 3. The Morgan fingerprint density at radius 2 is 0.981 bits per heavy atom. The van der Waals surface area contributed by atoms with E-state index in [1.54, 1.807) is 0 Å². The molecule has 3 aromatic heterocycles. The highest BCUT2D eigenvalue weighted by molar-refractivity contribution is 6.09. The number of hydrogen-bond donors (Lipinski definition) is 0. The lowest BCUT2D eigenvalue weighted by molar-refractivity contribution is 0.670. The number of benzene rings is 7. The zero-order chi connectivity index (χ0) is 35.1. The second kappa shape index (κ2) is 12.9. The van der Waals surface area contributed by atoms with Crippen LogP contribution in [-0.4, -0.2) is 9.38 Å². The maximum absolute atomic E-state index is 6.32. The van der Waals surface area contributed by atoms with Crippen molar-refractivity contribution >= 4 is 44.6 Å². The molecule has 0 aliphatic rings. The van der Waals surface area contributed by atoms with Crippen LogP contribution in [0.15, 0.2) is 205 Å². The molecule has 53 heavy (non-hydrogen) atoms. The number of nitrogens with zero attached hydrogens (tertiary/aromatic N) is 3. The Morgan fingerprint density at radius 3 is 1.72 bits per heavy atom. The molecule has 0 fully saturated rings. The third-order valence-electron chi connectivity index (χ3n) is 10.0. The van der Waals surface area contributed by atoms with Crippen LogP contribution in [0.2, 0.25) is 0 Å². The van der Waals surface area contributed by atoms with Gasteiger partial charge in [-0.15, -0.1) is 0 Å². The van der Waals surface area contributed by atoms with Gasteiger partial charge in [0.2, 0.25) is 0 Å². The van der Waals surface area contributed by atoms with Gasteiger partial charge in [0.15, 0.2) is 0 Å². The summed E-state index contributed by atoms with van der Waals surface area (Å²) in [4.78, 5) is 7.38. The summed E-state index contributed by atoms with van der Waals surface area (Å²) in [5, 5.41) is 2.29. The minimum absolute atomic E-state index is 0.913. The Bertz CT molecular complexity index is 2850. The third kappa shape index (κ3) is 5.45. The Morgan fingerprint density at radius 1 is 0.415 bits per heavy atom. The van der Waals surface area contributed by atoms with Crippen molar-refractivity contribution < 1.29 is 4.42 Å². The van der Waals surface area contributed by atoms with Crippen LogP contribution in [0.3, 0.4) is 0 Å². The van der Waals surface area contributed by atoms with E-state index in [0.717, 1.165) is 89.4 Å². The Labute approximate surface area is 307 Å². The highest BCUT2D eigenvalue weighted by Gasteiger charge is 2.18. The van der Waals surface area contributed by atoms with Crippen LogP contribution in [0, 0.1) is 0 Å². The van der Waals surface area contributed by atoms with E-state index in [-0.39, 0.29) is 0 Å². The number of furan rings is 1. The van der Waals surface area contributed by atoms with E-state index in [1.807, 2.05) is 24.3 Å². The van der Waals surface area contributed by atoms with Gasteiger partial charge >= 0.3 is 0 Å². The van der Waals surface area contributed by atoms with E-state index in [0.29, 0.717) is 0 Å². The van der Waals surface area contributed by atoms with Crippen molar-refractivity contribution in [1.82, 2.24) is 9.38 Å². The fraction of sp³-hybridized carbons (Fsp3) is 0. The van der Waals surface area contributed by atoms with Crippen LogP contribution in [0.1, 0.15) is 0 Å². The average molecular weight is 680 g/mol. The van der Waals surface area contributed by atoms with Gasteiger partial charge in [0, 0.05) is 50.7 Å². The lowest BCUT2D eigenvalue weighted by atomic mass is 9.98. The van der Waals surface area contributed by atoms with Gasteiger partial charge in [-0.25, -0.2) is 4.98 Å². The van der Waals surface area contributed by atoms with Crippen LogP contribution >= 0.6 is 0 Å². The first-order valence-corrected chi connectivity index (χ1v) is 17.9. The van der Waals surface area contributed by atoms with E-state index in [4.69, 9.17) is 9.40 Å². The van der Waals surface area contributed by atoms with Gasteiger partial charge in [-0.3, -0.25) is 4.40 Å². The molecule has 0 bridgehead atoms. The normalized spacial score (nSPS) is 11.4. The molecule has 0 atom stereocenters. The molecule has 7 aromatic carbocycles. The third-order valence-corrected chi connectivity index (χ3v) is 10.0. The topological polar surface area (TPSA) is 33.7 Å². The van der Waals surface area contributed by atoms with Gasteiger partial charge in [0.05, 0.1) is 11.4 Å². The highest BCUT2D eigenvalue weighted by Crippen LogP contribution is 2.40. The zero-order valence-electron chi connectivity index (χ0n) is 28.8. The first-order chi connectivity index (χ1) is 26.3. The largest absolute Gasteiger partial charge is 0.455 e. The molecule has 0 spiro atoms. The maximum Gasteiger partial charge on any atom is 0.143 e. The molecule has 4 heteroatoms. The van der Waals surface area contributed by atoms with Crippen LogP contribution in [0.4, 0.5) is 17.1 Å². The number of fused-ring (bicyclic) bond motifs is 4. The molecule has 0 aliphatic heterocycles. The Hall–Kier alpha value is -7.17. The van der Waals surface area contributed by atoms with Crippen LogP contribution in [0.5, 0.6) is 0 Å². The first kappa shape index (κ1) is 30.6. The summed E-state index contributed by atoms with van der Waals surface area (Å²) in [6.45, 7) is 0. The molecule has 250 valence electrons. The van der Waals surface area contributed by atoms with Crippen molar-refractivity contribution in [3.8, 4) is 44.8 Å². The number of aromatic nitrogens is 2. The van der Waals surface area contributed by atoms with E-state index < -0.39 is 0 Å². The zero-order valence-corrected chi connectivity index (χ0v) is 28.8. The van der Waals surface area contributed by atoms with E-state index >= 15 is 0 Å². The minimum Gasteiger partial charge on any atom is -0.455 e. The number of para-hydroxylation sites is 3. The minimum atomic E-state index is 0.913. The van der Waals surface area contributed by atoms with Crippen molar-refractivity contribution in [3.63, 3.8) is 0 Å². The van der Waals surface area contributed by atoms with Gasteiger partial charge in [0.25, 0.3) is 0 Å². The van der Waals surface area contributed by atoms with Crippen LogP contribution in [0.25, 0.3) is 72.4 Å². The summed E-state index contributed by atoms with van der Waals surface area (Å²) in [7, 11) is 0.